The van der Waals surface area contributed by atoms with Crippen LogP contribution in [-0.4, -0.2) is 29.3 Å². The molecule has 0 aromatic heterocycles. The third-order valence-corrected chi connectivity index (χ3v) is 5.00. The number of anilines is 1. The Morgan fingerprint density at radius 1 is 1.00 bits per heavy atom. The van der Waals surface area contributed by atoms with Gasteiger partial charge < -0.3 is 5.11 Å². The van der Waals surface area contributed by atoms with Crippen molar-refractivity contribution in [3.8, 4) is 0 Å². The highest BCUT2D eigenvalue weighted by atomic mass is 32.2. The first kappa shape index (κ1) is 20.1. The van der Waals surface area contributed by atoms with Crippen LogP contribution in [0, 0.1) is 5.82 Å². The zero-order valence-electron chi connectivity index (χ0n) is 14.2. The van der Waals surface area contributed by atoms with E-state index in [2.05, 4.69) is 0 Å². The van der Waals surface area contributed by atoms with Crippen molar-refractivity contribution in [2.45, 2.75) is 6.18 Å². The molecule has 0 saturated carbocycles. The molecule has 4 nitrogen and oxygen atoms in total. The average molecular weight is 411 g/mol. The van der Waals surface area contributed by atoms with Crippen LogP contribution < -0.4 is 4.90 Å². The highest BCUT2D eigenvalue weighted by molar-refractivity contribution is 8.04. The van der Waals surface area contributed by atoms with Crippen molar-refractivity contribution in [1.82, 2.24) is 0 Å². The van der Waals surface area contributed by atoms with Crippen molar-refractivity contribution in [2.75, 3.05) is 17.3 Å². The summed E-state index contributed by atoms with van der Waals surface area (Å²) in [5.41, 5.74) is -0.995. The number of halogens is 4. The Morgan fingerprint density at radius 2 is 1.68 bits per heavy atom. The van der Waals surface area contributed by atoms with Gasteiger partial charge in [-0.1, -0.05) is 18.2 Å². The molecular formula is C19H13F4NO3S. The Morgan fingerprint density at radius 3 is 2.29 bits per heavy atom. The van der Waals surface area contributed by atoms with Crippen molar-refractivity contribution >= 4 is 34.8 Å². The van der Waals surface area contributed by atoms with Gasteiger partial charge in [0.25, 0.3) is 11.8 Å². The van der Waals surface area contributed by atoms with Crippen LogP contribution in [0.1, 0.15) is 11.1 Å². The Hall–Kier alpha value is -2.65. The summed E-state index contributed by atoms with van der Waals surface area (Å²) >= 11 is 0.913. The molecule has 0 unspecified atom stereocenters. The second-order valence-corrected chi connectivity index (χ2v) is 6.88. The molecule has 0 radical (unpaired) electrons. The Bertz CT molecular complexity index is 954. The number of thioether (sulfide) groups is 1. The van der Waals surface area contributed by atoms with Crippen LogP contribution >= 0.6 is 11.8 Å². The minimum Gasteiger partial charge on any atom is -0.396 e. The van der Waals surface area contributed by atoms with E-state index in [1.54, 1.807) is 0 Å². The van der Waals surface area contributed by atoms with Crippen LogP contribution in [0.5, 0.6) is 0 Å². The summed E-state index contributed by atoms with van der Waals surface area (Å²) in [6.07, 6.45) is -4.64. The van der Waals surface area contributed by atoms with Crippen LogP contribution in [0.2, 0.25) is 0 Å². The standard InChI is InChI=1S/C19H13F4NO3S/c20-13-6-4-11(5-7-13)15-16(28-9-8-25)18(27)24(17(15)26)14-3-1-2-12(10-14)19(21,22)23/h1-7,10,25H,8-9H2. The lowest BCUT2D eigenvalue weighted by Gasteiger charge is -2.17. The topological polar surface area (TPSA) is 57.6 Å². The number of nitrogens with zero attached hydrogens (tertiary/aromatic N) is 1. The zero-order valence-corrected chi connectivity index (χ0v) is 15.0. The molecule has 1 aliphatic heterocycles. The van der Waals surface area contributed by atoms with Gasteiger partial charge in [-0.05, 0) is 35.9 Å². The van der Waals surface area contributed by atoms with Crippen molar-refractivity contribution < 1.29 is 32.3 Å². The number of amides is 2. The maximum absolute atomic E-state index is 13.2. The zero-order chi connectivity index (χ0) is 20.5. The SMILES string of the molecule is O=C1C(SCCO)=C(c2ccc(F)cc2)C(=O)N1c1cccc(C(F)(F)F)c1. The lowest BCUT2D eigenvalue weighted by Crippen LogP contribution is -2.31. The van der Waals surface area contributed by atoms with E-state index in [0.29, 0.717) is 4.90 Å². The summed E-state index contributed by atoms with van der Waals surface area (Å²) in [5, 5.41) is 9.05. The smallest absolute Gasteiger partial charge is 0.396 e. The quantitative estimate of drug-likeness (QED) is 0.600. The molecule has 1 heterocycles. The molecule has 2 amide bonds. The molecule has 28 heavy (non-hydrogen) atoms. The van der Waals surface area contributed by atoms with Gasteiger partial charge in [-0.15, -0.1) is 11.8 Å². The van der Waals surface area contributed by atoms with Crippen LogP contribution in [0.4, 0.5) is 23.2 Å². The van der Waals surface area contributed by atoms with E-state index >= 15 is 0 Å². The number of carbonyl (C=O) groups excluding carboxylic acids is 2. The molecule has 0 spiro atoms. The summed E-state index contributed by atoms with van der Waals surface area (Å²) in [4.78, 5) is 26.4. The molecule has 0 fully saturated rings. The van der Waals surface area contributed by atoms with Crippen molar-refractivity contribution in [2.24, 2.45) is 0 Å². The molecule has 2 aromatic rings. The van der Waals surface area contributed by atoms with Crippen LogP contribution in [0.15, 0.2) is 53.4 Å². The number of hydrogen-bond acceptors (Lipinski definition) is 4. The molecule has 0 atom stereocenters. The Balaban J connectivity index is 2.07. The lowest BCUT2D eigenvalue weighted by molar-refractivity contribution is -0.137. The predicted molar refractivity (Wildman–Crippen MR) is 96.8 cm³/mol. The number of carbonyl (C=O) groups is 2. The van der Waals surface area contributed by atoms with Gasteiger partial charge in [-0.25, -0.2) is 9.29 Å². The molecule has 0 aliphatic carbocycles. The Labute approximate surface area is 161 Å². The molecule has 9 heteroatoms. The van der Waals surface area contributed by atoms with Crippen molar-refractivity contribution in [3.05, 3.63) is 70.4 Å². The summed E-state index contributed by atoms with van der Waals surface area (Å²) < 4.78 is 52.2. The lowest BCUT2D eigenvalue weighted by atomic mass is 10.1. The minimum atomic E-state index is -4.64. The van der Waals surface area contributed by atoms with Gasteiger partial charge in [0.15, 0.2) is 0 Å². The van der Waals surface area contributed by atoms with E-state index in [4.69, 9.17) is 5.11 Å². The summed E-state index contributed by atoms with van der Waals surface area (Å²) in [6.45, 7) is -0.268. The van der Waals surface area contributed by atoms with Crippen molar-refractivity contribution in [3.63, 3.8) is 0 Å². The van der Waals surface area contributed by atoms with Crippen molar-refractivity contribution in [1.29, 1.82) is 0 Å². The number of alkyl halides is 3. The van der Waals surface area contributed by atoms with E-state index in [-0.39, 0.29) is 34.1 Å². The summed E-state index contributed by atoms with van der Waals surface area (Å²) in [7, 11) is 0. The highest BCUT2D eigenvalue weighted by Gasteiger charge is 2.41. The van der Waals surface area contributed by atoms with E-state index < -0.39 is 29.4 Å². The number of aliphatic hydroxyl groups is 1. The van der Waals surface area contributed by atoms with Gasteiger partial charge in [0.2, 0.25) is 0 Å². The molecule has 146 valence electrons. The number of rotatable bonds is 5. The molecule has 2 aromatic carbocycles. The molecule has 1 aliphatic rings. The molecule has 0 saturated heterocycles. The van der Waals surface area contributed by atoms with Gasteiger partial charge in [-0.2, -0.15) is 13.2 Å². The third kappa shape index (κ3) is 3.81. The first-order valence-electron chi connectivity index (χ1n) is 8.04. The Kier molecular flexibility index (Phi) is 5.57. The molecule has 3 rings (SSSR count). The van der Waals surface area contributed by atoms with E-state index in [1.807, 2.05) is 0 Å². The average Bonchev–Trinajstić information content (AvgIpc) is 2.90. The van der Waals surface area contributed by atoms with Gasteiger partial charge in [0, 0.05) is 5.75 Å². The number of aliphatic hydroxyl groups excluding tert-OH is 1. The molecule has 0 bridgehead atoms. The number of hydrogen-bond donors (Lipinski definition) is 1. The van der Waals surface area contributed by atoms with Crippen LogP contribution in [0.3, 0.4) is 0 Å². The minimum absolute atomic E-state index is 0.0110. The monoisotopic (exact) mass is 411 g/mol. The fourth-order valence-electron chi connectivity index (χ4n) is 2.72. The fraction of sp³-hybridized carbons (Fsp3) is 0.158. The largest absolute Gasteiger partial charge is 0.416 e. The molecule has 1 N–H and O–H groups in total. The number of benzene rings is 2. The van der Waals surface area contributed by atoms with Gasteiger partial charge >= 0.3 is 6.18 Å². The van der Waals surface area contributed by atoms with Gasteiger partial charge in [0.05, 0.1) is 28.3 Å². The van der Waals surface area contributed by atoms with E-state index in [9.17, 15) is 27.2 Å². The van der Waals surface area contributed by atoms with E-state index in [0.717, 1.165) is 42.1 Å². The van der Waals surface area contributed by atoms with Gasteiger partial charge in [-0.3, -0.25) is 9.59 Å². The highest BCUT2D eigenvalue weighted by Crippen LogP contribution is 2.39. The summed E-state index contributed by atoms with van der Waals surface area (Å²) in [6, 6.07) is 8.74. The maximum atomic E-state index is 13.2. The fourth-order valence-corrected chi connectivity index (χ4v) is 3.58. The first-order chi connectivity index (χ1) is 13.2. The third-order valence-electron chi connectivity index (χ3n) is 3.94. The number of imide groups is 1. The van der Waals surface area contributed by atoms with Gasteiger partial charge in [0.1, 0.15) is 5.82 Å². The second-order valence-electron chi connectivity index (χ2n) is 5.78. The van der Waals surface area contributed by atoms with Crippen LogP contribution in [0.25, 0.3) is 5.57 Å². The predicted octanol–water partition coefficient (Wildman–Crippen LogP) is 3.85. The molecular weight excluding hydrogens is 398 g/mol. The maximum Gasteiger partial charge on any atom is 0.416 e. The summed E-state index contributed by atoms with van der Waals surface area (Å²) in [5.74, 6) is -2.03. The van der Waals surface area contributed by atoms with Crippen LogP contribution in [-0.2, 0) is 15.8 Å². The first-order valence-corrected chi connectivity index (χ1v) is 9.02. The van der Waals surface area contributed by atoms with E-state index in [1.165, 1.54) is 18.2 Å². The normalized spacial score (nSPS) is 15.0. The second kappa shape index (κ2) is 7.76.